The Kier molecular flexibility index (Phi) is 4.29. The Morgan fingerprint density at radius 2 is 2.00 bits per heavy atom. The lowest BCUT2D eigenvalue weighted by Gasteiger charge is -2.08. The summed E-state index contributed by atoms with van der Waals surface area (Å²) in [6.45, 7) is 0.388. The number of hydrogen-bond donors (Lipinski definition) is 1. The zero-order valence-electron chi connectivity index (χ0n) is 12.2. The fourth-order valence-corrected chi connectivity index (χ4v) is 2.24. The summed E-state index contributed by atoms with van der Waals surface area (Å²) in [6, 6.07) is 14.1. The second-order valence-electron chi connectivity index (χ2n) is 4.91. The molecule has 1 aromatic carbocycles. The Hall–Kier alpha value is -3.21. The van der Waals surface area contributed by atoms with Crippen molar-refractivity contribution in [2.24, 2.45) is 0 Å². The number of aldehydes is 1. The summed E-state index contributed by atoms with van der Waals surface area (Å²) in [6.07, 6.45) is 4.02. The fourth-order valence-electron chi connectivity index (χ4n) is 2.24. The number of furan rings is 1. The number of amides is 1. The van der Waals surface area contributed by atoms with Gasteiger partial charge in [-0.25, -0.2) is 0 Å². The van der Waals surface area contributed by atoms with E-state index in [2.05, 4.69) is 10.3 Å². The lowest BCUT2D eigenvalue weighted by atomic mass is 10.0. The van der Waals surface area contributed by atoms with E-state index in [0.29, 0.717) is 29.7 Å². The third-order valence-electron chi connectivity index (χ3n) is 3.36. The van der Waals surface area contributed by atoms with E-state index in [9.17, 15) is 9.59 Å². The van der Waals surface area contributed by atoms with Gasteiger partial charge in [0.25, 0.3) is 5.91 Å². The molecule has 0 fully saturated rings. The number of rotatable bonds is 5. The van der Waals surface area contributed by atoms with E-state index in [1.165, 1.54) is 0 Å². The van der Waals surface area contributed by atoms with Gasteiger partial charge in [-0.15, -0.1) is 0 Å². The molecule has 23 heavy (non-hydrogen) atoms. The van der Waals surface area contributed by atoms with Gasteiger partial charge in [-0.2, -0.15) is 0 Å². The molecule has 0 aliphatic heterocycles. The summed E-state index contributed by atoms with van der Waals surface area (Å²) < 4.78 is 5.41. The van der Waals surface area contributed by atoms with Crippen molar-refractivity contribution in [1.82, 2.24) is 10.3 Å². The summed E-state index contributed by atoms with van der Waals surface area (Å²) in [5, 5.41) is 2.86. The van der Waals surface area contributed by atoms with Crippen LogP contribution in [0.1, 0.15) is 26.5 Å². The predicted molar refractivity (Wildman–Crippen MR) is 84.9 cm³/mol. The van der Waals surface area contributed by atoms with Gasteiger partial charge in [0, 0.05) is 24.5 Å². The van der Waals surface area contributed by atoms with Crippen LogP contribution in [-0.4, -0.2) is 17.2 Å². The number of carbonyl (C=O) groups is 2. The van der Waals surface area contributed by atoms with Gasteiger partial charge in [0.1, 0.15) is 5.76 Å². The zero-order chi connectivity index (χ0) is 16.1. The minimum Gasteiger partial charge on any atom is -0.453 e. The highest BCUT2D eigenvalue weighted by atomic mass is 16.3. The van der Waals surface area contributed by atoms with Crippen molar-refractivity contribution in [3.8, 4) is 11.3 Å². The van der Waals surface area contributed by atoms with Gasteiger partial charge in [0.2, 0.25) is 0 Å². The highest BCUT2D eigenvalue weighted by Gasteiger charge is 2.14. The molecule has 0 aliphatic rings. The Morgan fingerprint density at radius 3 is 2.74 bits per heavy atom. The van der Waals surface area contributed by atoms with E-state index in [1.54, 1.807) is 42.7 Å². The first-order valence-electron chi connectivity index (χ1n) is 7.09. The second-order valence-corrected chi connectivity index (χ2v) is 4.91. The summed E-state index contributed by atoms with van der Waals surface area (Å²) >= 11 is 0. The molecule has 1 amide bonds. The van der Waals surface area contributed by atoms with E-state index in [1.807, 2.05) is 18.2 Å². The summed E-state index contributed by atoms with van der Waals surface area (Å²) in [5.74, 6) is 0.498. The van der Waals surface area contributed by atoms with E-state index in [0.717, 1.165) is 5.56 Å². The lowest BCUT2D eigenvalue weighted by molar-refractivity contribution is 0.0951. The standard InChI is InChI=1S/C18H14N2O3/c21-12-14-7-8-17(23-14)15-5-1-2-6-16(15)18(22)20-11-13-4-3-9-19-10-13/h1-10,12H,11H2,(H,20,22). The van der Waals surface area contributed by atoms with Crippen LogP contribution in [0.5, 0.6) is 0 Å². The van der Waals surface area contributed by atoms with Crippen molar-refractivity contribution >= 4 is 12.2 Å². The van der Waals surface area contributed by atoms with Gasteiger partial charge in [0.05, 0.1) is 5.56 Å². The maximum Gasteiger partial charge on any atom is 0.252 e. The van der Waals surface area contributed by atoms with Crippen molar-refractivity contribution in [3.63, 3.8) is 0 Å². The predicted octanol–water partition coefficient (Wildman–Crippen LogP) is 3.08. The molecular formula is C18H14N2O3. The van der Waals surface area contributed by atoms with Crippen LogP contribution in [0, 0.1) is 0 Å². The van der Waals surface area contributed by atoms with Crippen LogP contribution in [0.25, 0.3) is 11.3 Å². The molecule has 0 saturated carbocycles. The smallest absolute Gasteiger partial charge is 0.252 e. The average Bonchev–Trinajstić information content (AvgIpc) is 3.09. The third-order valence-corrected chi connectivity index (χ3v) is 3.36. The number of carbonyl (C=O) groups excluding carboxylic acids is 2. The first-order chi connectivity index (χ1) is 11.3. The summed E-state index contributed by atoms with van der Waals surface area (Å²) in [7, 11) is 0. The first kappa shape index (κ1) is 14.7. The molecule has 2 aromatic heterocycles. The number of pyridine rings is 1. The molecule has 114 valence electrons. The van der Waals surface area contributed by atoms with Crippen LogP contribution in [-0.2, 0) is 6.54 Å². The maximum atomic E-state index is 12.4. The highest BCUT2D eigenvalue weighted by Crippen LogP contribution is 2.25. The third kappa shape index (κ3) is 3.35. The van der Waals surface area contributed by atoms with Crippen LogP contribution >= 0.6 is 0 Å². The largest absolute Gasteiger partial charge is 0.453 e. The molecular weight excluding hydrogens is 292 g/mol. The van der Waals surface area contributed by atoms with Crippen molar-refractivity contribution < 1.29 is 14.0 Å². The molecule has 3 aromatic rings. The van der Waals surface area contributed by atoms with Crippen molar-refractivity contribution in [3.05, 3.63) is 77.8 Å². The number of benzene rings is 1. The Morgan fingerprint density at radius 1 is 1.13 bits per heavy atom. The average molecular weight is 306 g/mol. The number of nitrogens with zero attached hydrogens (tertiary/aromatic N) is 1. The van der Waals surface area contributed by atoms with Crippen molar-refractivity contribution in [2.75, 3.05) is 0 Å². The summed E-state index contributed by atoms with van der Waals surface area (Å²) in [5.41, 5.74) is 2.05. The first-order valence-corrected chi connectivity index (χ1v) is 7.09. The van der Waals surface area contributed by atoms with Crippen molar-refractivity contribution in [1.29, 1.82) is 0 Å². The number of nitrogens with one attached hydrogen (secondary N) is 1. The molecule has 0 spiro atoms. The molecule has 3 rings (SSSR count). The minimum atomic E-state index is -0.214. The maximum absolute atomic E-state index is 12.4. The normalized spacial score (nSPS) is 10.3. The Labute approximate surface area is 133 Å². The van der Waals surface area contributed by atoms with Gasteiger partial charge < -0.3 is 9.73 Å². The van der Waals surface area contributed by atoms with Crippen molar-refractivity contribution in [2.45, 2.75) is 6.54 Å². The van der Waals surface area contributed by atoms with E-state index >= 15 is 0 Å². The minimum absolute atomic E-state index is 0.214. The monoisotopic (exact) mass is 306 g/mol. The molecule has 0 radical (unpaired) electrons. The van der Waals surface area contributed by atoms with Crippen LogP contribution in [0.15, 0.2) is 65.3 Å². The molecule has 5 heteroatoms. The second kappa shape index (κ2) is 6.70. The molecule has 5 nitrogen and oxygen atoms in total. The molecule has 2 heterocycles. The van der Waals surface area contributed by atoms with Gasteiger partial charge in [0.15, 0.2) is 12.0 Å². The molecule has 0 bridgehead atoms. The molecule has 0 atom stereocenters. The van der Waals surface area contributed by atoms with E-state index < -0.39 is 0 Å². The molecule has 0 unspecified atom stereocenters. The molecule has 1 N–H and O–H groups in total. The highest BCUT2D eigenvalue weighted by molar-refractivity contribution is 6.00. The lowest BCUT2D eigenvalue weighted by Crippen LogP contribution is -2.23. The van der Waals surface area contributed by atoms with Gasteiger partial charge >= 0.3 is 0 Å². The zero-order valence-corrected chi connectivity index (χ0v) is 12.2. The quantitative estimate of drug-likeness (QED) is 0.735. The van der Waals surface area contributed by atoms with Gasteiger partial charge in [-0.3, -0.25) is 14.6 Å². The van der Waals surface area contributed by atoms with E-state index in [-0.39, 0.29) is 11.7 Å². The summed E-state index contributed by atoms with van der Waals surface area (Å²) in [4.78, 5) is 27.2. The van der Waals surface area contributed by atoms with Crippen LogP contribution in [0.4, 0.5) is 0 Å². The SMILES string of the molecule is O=Cc1ccc(-c2ccccc2C(=O)NCc2cccnc2)o1. The van der Waals surface area contributed by atoms with Crippen LogP contribution in [0.3, 0.4) is 0 Å². The van der Waals surface area contributed by atoms with Gasteiger partial charge in [-0.1, -0.05) is 24.3 Å². The van der Waals surface area contributed by atoms with E-state index in [4.69, 9.17) is 4.42 Å². The topological polar surface area (TPSA) is 72.2 Å². The van der Waals surface area contributed by atoms with Crippen LogP contribution < -0.4 is 5.32 Å². The molecule has 0 aliphatic carbocycles. The fraction of sp³-hybridized carbons (Fsp3) is 0.0556. The van der Waals surface area contributed by atoms with Crippen LogP contribution in [0.2, 0.25) is 0 Å². The molecule has 0 saturated heterocycles. The van der Waals surface area contributed by atoms with Gasteiger partial charge in [-0.05, 0) is 29.8 Å². The Bertz CT molecular complexity index is 825. The number of hydrogen-bond acceptors (Lipinski definition) is 4. The number of aromatic nitrogens is 1. The Balaban J connectivity index is 1.82.